The van der Waals surface area contributed by atoms with E-state index in [1.54, 1.807) is 4.90 Å². The van der Waals surface area contributed by atoms with Gasteiger partial charge < -0.3 is 4.90 Å². The molecule has 1 aliphatic carbocycles. The molecule has 13 heavy (non-hydrogen) atoms. The molecule has 5 heteroatoms. The van der Waals surface area contributed by atoms with Crippen LogP contribution in [0.25, 0.3) is 0 Å². The monoisotopic (exact) mass is 185 g/mol. The first-order valence-electron chi connectivity index (χ1n) is 4.52. The molecule has 0 saturated heterocycles. The molecule has 0 aromatic rings. The van der Waals surface area contributed by atoms with Crippen molar-refractivity contribution in [2.24, 2.45) is 5.84 Å². The molecule has 1 rings (SSSR count). The van der Waals surface area contributed by atoms with Crippen LogP contribution in [0.5, 0.6) is 0 Å². The van der Waals surface area contributed by atoms with E-state index in [1.165, 1.54) is 0 Å². The minimum atomic E-state index is -0.722. The van der Waals surface area contributed by atoms with Gasteiger partial charge in [-0.1, -0.05) is 6.92 Å². The first kappa shape index (κ1) is 9.98. The number of hydrogen-bond donors (Lipinski definition) is 2. The Hall–Kier alpha value is -1.10. The summed E-state index contributed by atoms with van der Waals surface area (Å²) in [7, 11) is 0. The fourth-order valence-electron chi connectivity index (χ4n) is 1.27. The van der Waals surface area contributed by atoms with E-state index in [4.69, 9.17) is 5.84 Å². The molecule has 1 aliphatic rings. The van der Waals surface area contributed by atoms with E-state index in [0.29, 0.717) is 6.54 Å². The van der Waals surface area contributed by atoms with Crippen molar-refractivity contribution in [3.8, 4) is 0 Å². The number of rotatable bonds is 3. The first-order chi connectivity index (χ1) is 6.20. The predicted octanol–water partition coefficient (Wildman–Crippen LogP) is -0.623. The van der Waals surface area contributed by atoms with Crippen molar-refractivity contribution < 1.29 is 9.59 Å². The summed E-state index contributed by atoms with van der Waals surface area (Å²) in [4.78, 5) is 23.9. The van der Waals surface area contributed by atoms with Gasteiger partial charge in [-0.15, -0.1) is 0 Å². The van der Waals surface area contributed by atoms with Crippen molar-refractivity contribution in [2.45, 2.75) is 32.2 Å². The molecule has 0 aromatic heterocycles. The third-order valence-corrected chi connectivity index (χ3v) is 2.04. The molecule has 0 aromatic carbocycles. The van der Waals surface area contributed by atoms with Crippen LogP contribution in [0.1, 0.15) is 26.2 Å². The topological polar surface area (TPSA) is 75.4 Å². The summed E-state index contributed by atoms with van der Waals surface area (Å²) in [5, 5.41) is 0. The van der Waals surface area contributed by atoms with Gasteiger partial charge in [0.05, 0.1) is 0 Å². The molecule has 0 unspecified atom stereocenters. The van der Waals surface area contributed by atoms with E-state index in [0.717, 1.165) is 19.3 Å². The van der Waals surface area contributed by atoms with Crippen LogP contribution in [-0.4, -0.2) is 29.3 Å². The lowest BCUT2D eigenvalue weighted by molar-refractivity contribution is -0.146. The van der Waals surface area contributed by atoms with Crippen molar-refractivity contribution in [2.75, 3.05) is 6.54 Å². The fraction of sp³-hybridized carbons (Fsp3) is 0.750. The highest BCUT2D eigenvalue weighted by atomic mass is 16.2. The molecule has 1 saturated carbocycles. The predicted molar refractivity (Wildman–Crippen MR) is 47.4 cm³/mol. The Balaban J connectivity index is 2.52. The van der Waals surface area contributed by atoms with Gasteiger partial charge in [-0.3, -0.25) is 15.0 Å². The number of nitrogens with one attached hydrogen (secondary N) is 1. The minimum Gasteiger partial charge on any atom is -0.331 e. The van der Waals surface area contributed by atoms with E-state index in [-0.39, 0.29) is 6.04 Å². The van der Waals surface area contributed by atoms with Crippen LogP contribution in [0.4, 0.5) is 0 Å². The molecule has 0 aliphatic heterocycles. The highest BCUT2D eigenvalue weighted by Gasteiger charge is 2.34. The van der Waals surface area contributed by atoms with Gasteiger partial charge in [0.2, 0.25) is 0 Å². The SMILES string of the molecule is CCCN(C(=O)C(=O)NN)C1CC1. The number of nitrogens with zero attached hydrogens (tertiary/aromatic N) is 1. The van der Waals surface area contributed by atoms with E-state index < -0.39 is 11.8 Å². The zero-order valence-corrected chi connectivity index (χ0v) is 7.75. The molecule has 5 nitrogen and oxygen atoms in total. The maximum absolute atomic E-state index is 11.4. The van der Waals surface area contributed by atoms with Gasteiger partial charge in [0.1, 0.15) is 0 Å². The van der Waals surface area contributed by atoms with Gasteiger partial charge >= 0.3 is 11.8 Å². The average Bonchev–Trinajstić information content (AvgIpc) is 2.95. The summed E-state index contributed by atoms with van der Waals surface area (Å²) in [6.07, 6.45) is 2.87. The largest absolute Gasteiger partial charge is 0.331 e. The molecule has 0 bridgehead atoms. The fourth-order valence-corrected chi connectivity index (χ4v) is 1.27. The Morgan fingerprint density at radius 2 is 2.15 bits per heavy atom. The molecule has 2 amide bonds. The second-order valence-electron chi connectivity index (χ2n) is 3.20. The second-order valence-corrected chi connectivity index (χ2v) is 3.20. The van der Waals surface area contributed by atoms with Crippen molar-refractivity contribution in [1.29, 1.82) is 0 Å². The number of hydrazine groups is 1. The molecule has 3 N–H and O–H groups in total. The Morgan fingerprint density at radius 3 is 2.54 bits per heavy atom. The molecule has 74 valence electrons. The third-order valence-electron chi connectivity index (χ3n) is 2.04. The summed E-state index contributed by atoms with van der Waals surface area (Å²) >= 11 is 0. The van der Waals surface area contributed by atoms with Crippen molar-refractivity contribution in [3.63, 3.8) is 0 Å². The molecule has 0 atom stereocenters. The van der Waals surface area contributed by atoms with Crippen LogP contribution < -0.4 is 11.3 Å². The second kappa shape index (κ2) is 4.23. The maximum Gasteiger partial charge on any atom is 0.323 e. The number of amides is 2. The lowest BCUT2D eigenvalue weighted by Gasteiger charge is -2.20. The Labute approximate surface area is 77.2 Å². The Bertz CT molecular complexity index is 213. The summed E-state index contributed by atoms with van der Waals surface area (Å²) in [5.41, 5.74) is 1.86. The van der Waals surface area contributed by atoms with Gasteiger partial charge in [0.15, 0.2) is 0 Å². The maximum atomic E-state index is 11.4. The Kier molecular flexibility index (Phi) is 3.25. The van der Waals surface area contributed by atoms with Crippen LogP contribution in [-0.2, 0) is 9.59 Å². The number of carbonyl (C=O) groups excluding carboxylic acids is 2. The average molecular weight is 185 g/mol. The van der Waals surface area contributed by atoms with Gasteiger partial charge in [-0.2, -0.15) is 0 Å². The third kappa shape index (κ3) is 2.42. The van der Waals surface area contributed by atoms with Gasteiger partial charge in [0, 0.05) is 12.6 Å². The smallest absolute Gasteiger partial charge is 0.323 e. The van der Waals surface area contributed by atoms with Crippen LogP contribution in [0.3, 0.4) is 0 Å². The molecular formula is C8H15N3O2. The van der Waals surface area contributed by atoms with Gasteiger partial charge in [-0.25, -0.2) is 5.84 Å². The molecule has 0 heterocycles. The summed E-state index contributed by atoms with van der Waals surface area (Å²) < 4.78 is 0. The normalized spacial score (nSPS) is 15.2. The first-order valence-corrected chi connectivity index (χ1v) is 4.52. The quantitative estimate of drug-likeness (QED) is 0.266. The highest BCUT2D eigenvalue weighted by Crippen LogP contribution is 2.26. The number of carbonyl (C=O) groups is 2. The van der Waals surface area contributed by atoms with E-state index in [1.807, 2.05) is 12.3 Å². The zero-order chi connectivity index (χ0) is 9.84. The lowest BCUT2D eigenvalue weighted by atomic mass is 10.3. The Morgan fingerprint density at radius 1 is 1.54 bits per heavy atom. The van der Waals surface area contributed by atoms with Gasteiger partial charge in [0.25, 0.3) is 0 Å². The van der Waals surface area contributed by atoms with Crippen molar-refractivity contribution in [1.82, 2.24) is 10.3 Å². The van der Waals surface area contributed by atoms with Crippen molar-refractivity contribution >= 4 is 11.8 Å². The number of nitrogens with two attached hydrogens (primary N) is 1. The molecule has 1 fully saturated rings. The number of hydrogen-bond acceptors (Lipinski definition) is 3. The summed E-state index contributed by atoms with van der Waals surface area (Å²) in [6, 6.07) is 0.268. The van der Waals surface area contributed by atoms with Crippen molar-refractivity contribution in [3.05, 3.63) is 0 Å². The standard InChI is InChI=1S/C8H15N3O2/c1-2-5-11(6-3-4-6)8(13)7(12)10-9/h6H,2-5,9H2,1H3,(H,10,12). The summed E-state index contributed by atoms with van der Waals surface area (Å²) in [6.45, 7) is 2.61. The molecule has 0 radical (unpaired) electrons. The van der Waals surface area contributed by atoms with Crippen LogP contribution in [0.2, 0.25) is 0 Å². The zero-order valence-electron chi connectivity index (χ0n) is 7.75. The minimum absolute atomic E-state index is 0.268. The van der Waals surface area contributed by atoms with E-state index >= 15 is 0 Å². The van der Waals surface area contributed by atoms with E-state index in [9.17, 15) is 9.59 Å². The van der Waals surface area contributed by atoms with Gasteiger partial charge in [-0.05, 0) is 19.3 Å². The van der Waals surface area contributed by atoms with Crippen LogP contribution >= 0.6 is 0 Å². The van der Waals surface area contributed by atoms with Crippen LogP contribution in [0.15, 0.2) is 0 Å². The molecular weight excluding hydrogens is 170 g/mol. The van der Waals surface area contributed by atoms with E-state index in [2.05, 4.69) is 0 Å². The molecule has 0 spiro atoms. The van der Waals surface area contributed by atoms with Crippen LogP contribution in [0, 0.1) is 0 Å². The summed E-state index contributed by atoms with van der Waals surface area (Å²) in [5.74, 6) is 3.65. The highest BCUT2D eigenvalue weighted by molar-refractivity contribution is 6.34. The lowest BCUT2D eigenvalue weighted by Crippen LogP contribution is -2.46.